The molecule has 1 amide bonds. The van der Waals surface area contributed by atoms with E-state index in [0.717, 1.165) is 5.69 Å². The van der Waals surface area contributed by atoms with E-state index in [1.807, 2.05) is 12.3 Å². The first kappa shape index (κ1) is 13.5. The first-order valence-electron chi connectivity index (χ1n) is 6.03. The molecule has 0 aromatic carbocycles. The van der Waals surface area contributed by atoms with Gasteiger partial charge in [0.15, 0.2) is 5.13 Å². The van der Waals surface area contributed by atoms with Gasteiger partial charge in [0.25, 0.3) is 0 Å². The Kier molecular flexibility index (Phi) is 3.70. The van der Waals surface area contributed by atoms with Crippen molar-refractivity contribution in [1.29, 1.82) is 0 Å². The molecule has 3 N–H and O–H groups in total. The monoisotopic (exact) mass is 269 g/mol. The van der Waals surface area contributed by atoms with E-state index in [1.54, 1.807) is 0 Å². The number of anilines is 1. The minimum absolute atomic E-state index is 0.114. The van der Waals surface area contributed by atoms with Gasteiger partial charge in [-0.15, -0.1) is 11.3 Å². The fourth-order valence-electron chi connectivity index (χ4n) is 1.77. The maximum Gasteiger partial charge on any atom is 0.236 e. The van der Waals surface area contributed by atoms with Gasteiger partial charge in [0.2, 0.25) is 5.91 Å². The first-order valence-corrected chi connectivity index (χ1v) is 6.91. The highest BCUT2D eigenvalue weighted by molar-refractivity contribution is 7.13. The van der Waals surface area contributed by atoms with Gasteiger partial charge in [0, 0.05) is 11.4 Å². The van der Waals surface area contributed by atoms with Crippen LogP contribution in [0.1, 0.15) is 32.4 Å². The zero-order chi connectivity index (χ0) is 13.3. The molecule has 1 aromatic rings. The average Bonchev–Trinajstić information content (AvgIpc) is 2.88. The Balaban J connectivity index is 2.06. The SMILES string of the molecule is CC(C)c1csc(NC(=O)C2(C)COCC2N)n1. The Morgan fingerprint density at radius 3 is 2.94 bits per heavy atom. The van der Waals surface area contributed by atoms with Crippen molar-refractivity contribution in [3.05, 3.63) is 11.1 Å². The van der Waals surface area contributed by atoms with Crippen molar-refractivity contribution in [1.82, 2.24) is 4.98 Å². The number of nitrogens with two attached hydrogens (primary N) is 1. The van der Waals surface area contributed by atoms with Crippen molar-refractivity contribution in [3.8, 4) is 0 Å². The highest BCUT2D eigenvalue weighted by atomic mass is 32.1. The summed E-state index contributed by atoms with van der Waals surface area (Å²) >= 11 is 1.44. The van der Waals surface area contributed by atoms with Crippen LogP contribution in [-0.2, 0) is 9.53 Å². The number of carbonyl (C=O) groups is 1. The van der Waals surface area contributed by atoms with Gasteiger partial charge in [-0.25, -0.2) is 4.98 Å². The quantitative estimate of drug-likeness (QED) is 0.873. The van der Waals surface area contributed by atoms with Crippen molar-refractivity contribution in [3.63, 3.8) is 0 Å². The average molecular weight is 269 g/mol. The third-order valence-electron chi connectivity index (χ3n) is 3.37. The molecule has 100 valence electrons. The van der Waals surface area contributed by atoms with Crippen molar-refractivity contribution >= 4 is 22.4 Å². The Labute approximate surface area is 111 Å². The second-order valence-electron chi connectivity index (χ2n) is 5.23. The van der Waals surface area contributed by atoms with Crippen molar-refractivity contribution < 1.29 is 9.53 Å². The fourth-order valence-corrected chi connectivity index (χ4v) is 2.64. The predicted molar refractivity (Wildman–Crippen MR) is 71.7 cm³/mol. The van der Waals surface area contributed by atoms with Gasteiger partial charge in [-0.3, -0.25) is 4.79 Å². The van der Waals surface area contributed by atoms with Gasteiger partial charge >= 0.3 is 0 Å². The van der Waals surface area contributed by atoms with E-state index in [4.69, 9.17) is 10.5 Å². The van der Waals surface area contributed by atoms with E-state index < -0.39 is 5.41 Å². The van der Waals surface area contributed by atoms with Crippen LogP contribution in [0.3, 0.4) is 0 Å². The zero-order valence-electron chi connectivity index (χ0n) is 10.9. The standard InChI is InChI=1S/C12H19N3O2S/c1-7(2)8-5-18-11(14-8)15-10(16)12(3)6-17-4-9(12)13/h5,7,9H,4,6,13H2,1-3H3,(H,14,15,16). The summed E-state index contributed by atoms with van der Waals surface area (Å²) in [5, 5.41) is 5.43. The Hall–Kier alpha value is -0.980. The molecular formula is C12H19N3O2S. The number of aromatic nitrogens is 1. The molecule has 1 aromatic heterocycles. The molecule has 1 saturated heterocycles. The van der Waals surface area contributed by atoms with Crippen LogP contribution in [0.5, 0.6) is 0 Å². The van der Waals surface area contributed by atoms with Crippen LogP contribution in [0.25, 0.3) is 0 Å². The lowest BCUT2D eigenvalue weighted by molar-refractivity contribution is -0.125. The topological polar surface area (TPSA) is 77.2 Å². The Bertz CT molecular complexity index is 446. The minimum atomic E-state index is -0.663. The van der Waals surface area contributed by atoms with E-state index in [1.165, 1.54) is 11.3 Å². The van der Waals surface area contributed by atoms with E-state index >= 15 is 0 Å². The van der Waals surface area contributed by atoms with E-state index in [9.17, 15) is 4.79 Å². The molecule has 2 heterocycles. The second-order valence-corrected chi connectivity index (χ2v) is 6.08. The third kappa shape index (κ3) is 2.41. The van der Waals surface area contributed by atoms with Gasteiger partial charge in [0.05, 0.1) is 24.3 Å². The van der Waals surface area contributed by atoms with Crippen LogP contribution >= 0.6 is 11.3 Å². The number of nitrogens with zero attached hydrogens (tertiary/aromatic N) is 1. The smallest absolute Gasteiger partial charge is 0.236 e. The molecule has 0 saturated carbocycles. The summed E-state index contributed by atoms with van der Waals surface area (Å²) in [5.74, 6) is 0.247. The maximum absolute atomic E-state index is 12.2. The molecule has 18 heavy (non-hydrogen) atoms. The second kappa shape index (κ2) is 4.95. The number of hydrogen-bond donors (Lipinski definition) is 2. The summed E-state index contributed by atoms with van der Waals surface area (Å²) in [4.78, 5) is 16.6. The Morgan fingerprint density at radius 1 is 1.72 bits per heavy atom. The van der Waals surface area contributed by atoms with Crippen LogP contribution in [0, 0.1) is 5.41 Å². The summed E-state index contributed by atoms with van der Waals surface area (Å²) in [7, 11) is 0. The van der Waals surface area contributed by atoms with Gasteiger partial charge in [0.1, 0.15) is 0 Å². The highest BCUT2D eigenvalue weighted by Gasteiger charge is 2.44. The summed E-state index contributed by atoms with van der Waals surface area (Å²) in [6, 6.07) is -0.262. The molecule has 2 atom stereocenters. The van der Waals surface area contributed by atoms with Crippen LogP contribution < -0.4 is 11.1 Å². The van der Waals surface area contributed by atoms with E-state index in [-0.39, 0.29) is 11.9 Å². The van der Waals surface area contributed by atoms with Crippen LogP contribution in [0.15, 0.2) is 5.38 Å². The largest absolute Gasteiger partial charge is 0.379 e. The lowest BCUT2D eigenvalue weighted by atomic mass is 9.85. The highest BCUT2D eigenvalue weighted by Crippen LogP contribution is 2.30. The van der Waals surface area contributed by atoms with Gasteiger partial charge in [-0.05, 0) is 12.8 Å². The summed E-state index contributed by atoms with van der Waals surface area (Å²) in [6.45, 7) is 6.77. The van der Waals surface area contributed by atoms with Gasteiger partial charge in [-0.1, -0.05) is 13.8 Å². The molecule has 0 bridgehead atoms. The van der Waals surface area contributed by atoms with Crippen molar-refractivity contribution in [2.45, 2.75) is 32.7 Å². The molecule has 5 nitrogen and oxygen atoms in total. The number of hydrogen-bond acceptors (Lipinski definition) is 5. The summed E-state index contributed by atoms with van der Waals surface area (Å²) in [5.41, 5.74) is 6.25. The number of rotatable bonds is 3. The molecule has 0 aliphatic carbocycles. The molecule has 1 fully saturated rings. The molecule has 2 unspecified atom stereocenters. The number of carbonyl (C=O) groups excluding carboxylic acids is 1. The molecule has 1 aliphatic rings. The number of ether oxygens (including phenoxy) is 1. The fraction of sp³-hybridized carbons (Fsp3) is 0.667. The molecule has 0 spiro atoms. The third-order valence-corrected chi connectivity index (χ3v) is 4.15. The number of thiazole rings is 1. The van der Waals surface area contributed by atoms with Crippen LogP contribution in [0.2, 0.25) is 0 Å². The van der Waals surface area contributed by atoms with Crippen molar-refractivity contribution in [2.24, 2.45) is 11.1 Å². The maximum atomic E-state index is 12.2. The lowest BCUT2D eigenvalue weighted by Gasteiger charge is -2.24. The molecule has 0 radical (unpaired) electrons. The molecule has 1 aliphatic heterocycles. The minimum Gasteiger partial charge on any atom is -0.379 e. The lowest BCUT2D eigenvalue weighted by Crippen LogP contribution is -2.47. The summed E-state index contributed by atoms with van der Waals surface area (Å²) in [6.07, 6.45) is 0. The molecule has 6 heteroatoms. The molecular weight excluding hydrogens is 250 g/mol. The van der Waals surface area contributed by atoms with Gasteiger partial charge < -0.3 is 15.8 Å². The van der Waals surface area contributed by atoms with Gasteiger partial charge in [-0.2, -0.15) is 0 Å². The molecule has 2 rings (SSSR count). The first-order chi connectivity index (χ1) is 8.43. The Morgan fingerprint density at radius 2 is 2.44 bits per heavy atom. The van der Waals surface area contributed by atoms with Crippen molar-refractivity contribution in [2.75, 3.05) is 18.5 Å². The normalized spacial score (nSPS) is 27.7. The zero-order valence-corrected chi connectivity index (χ0v) is 11.7. The predicted octanol–water partition coefficient (Wildman–Crippen LogP) is 1.57. The number of nitrogens with one attached hydrogen (secondary N) is 1. The van der Waals surface area contributed by atoms with Crippen LogP contribution in [-0.4, -0.2) is 30.1 Å². The summed E-state index contributed by atoms with van der Waals surface area (Å²) < 4.78 is 5.27. The van der Waals surface area contributed by atoms with Crippen LogP contribution in [0.4, 0.5) is 5.13 Å². The van der Waals surface area contributed by atoms with E-state index in [2.05, 4.69) is 24.1 Å². The van der Waals surface area contributed by atoms with E-state index in [0.29, 0.717) is 24.3 Å². The number of amides is 1.